The van der Waals surface area contributed by atoms with Gasteiger partial charge in [-0.1, -0.05) is 26.2 Å². The minimum atomic E-state index is -3.28. The van der Waals surface area contributed by atoms with Crippen LogP contribution in [0.4, 0.5) is 0 Å². The lowest BCUT2D eigenvalue weighted by Crippen LogP contribution is -2.33. The number of carbonyl (C=O) groups is 1. The number of unbranched alkanes of at least 4 members (excludes halogenated alkanes) is 3. The van der Waals surface area contributed by atoms with Gasteiger partial charge in [0.1, 0.15) is 5.75 Å². The number of amides is 1. The summed E-state index contributed by atoms with van der Waals surface area (Å²) in [5.41, 5.74) is 0. The highest BCUT2D eigenvalue weighted by atomic mass is 32.2. The first-order chi connectivity index (χ1) is 8.39. The van der Waals surface area contributed by atoms with Gasteiger partial charge in [-0.3, -0.25) is 4.79 Å². The van der Waals surface area contributed by atoms with Gasteiger partial charge in [0.2, 0.25) is 5.91 Å². The first kappa shape index (κ1) is 17.4. The van der Waals surface area contributed by atoms with Crippen LogP contribution in [0.25, 0.3) is 0 Å². The number of hydrogen-bond donors (Lipinski definition) is 1. The van der Waals surface area contributed by atoms with Gasteiger partial charge in [0, 0.05) is 20.6 Å². The van der Waals surface area contributed by atoms with Crippen LogP contribution in [0, 0.1) is 0 Å². The van der Waals surface area contributed by atoms with Gasteiger partial charge in [-0.05, 0) is 13.0 Å². The van der Waals surface area contributed by atoms with Crippen molar-refractivity contribution in [2.45, 2.75) is 32.6 Å². The highest BCUT2D eigenvalue weighted by Gasteiger charge is 2.17. The highest BCUT2D eigenvalue weighted by molar-refractivity contribution is 7.92. The molecule has 0 atom stereocenters. The molecule has 5 nitrogen and oxygen atoms in total. The van der Waals surface area contributed by atoms with E-state index in [0.717, 1.165) is 13.0 Å². The number of nitrogens with zero attached hydrogens (tertiary/aromatic N) is 1. The lowest BCUT2D eigenvalue weighted by Gasteiger charge is -2.10. The molecular weight excluding hydrogens is 252 g/mol. The molecule has 0 radical (unpaired) electrons. The third kappa shape index (κ3) is 9.41. The summed E-state index contributed by atoms with van der Waals surface area (Å²) in [4.78, 5) is 12.6. The van der Waals surface area contributed by atoms with Gasteiger partial charge >= 0.3 is 0 Å². The smallest absolute Gasteiger partial charge is 0.237 e. The number of carbonyl (C=O) groups excluding carboxylic acids is 1. The molecule has 0 fully saturated rings. The van der Waals surface area contributed by atoms with Crippen molar-refractivity contribution in [3.8, 4) is 0 Å². The van der Waals surface area contributed by atoms with Crippen molar-refractivity contribution in [3.63, 3.8) is 0 Å². The van der Waals surface area contributed by atoms with Crippen LogP contribution < -0.4 is 5.32 Å². The molecule has 0 aromatic carbocycles. The van der Waals surface area contributed by atoms with Gasteiger partial charge in [0.05, 0.1) is 5.75 Å². The van der Waals surface area contributed by atoms with Crippen molar-refractivity contribution in [1.82, 2.24) is 10.2 Å². The van der Waals surface area contributed by atoms with Crippen LogP contribution in [0.1, 0.15) is 32.6 Å². The molecule has 0 rings (SSSR count). The third-order valence-corrected chi connectivity index (χ3v) is 4.15. The molecule has 0 aromatic rings. The average molecular weight is 278 g/mol. The molecule has 0 spiro atoms. The fraction of sp³-hybridized carbons (Fsp3) is 0.917. The van der Waals surface area contributed by atoms with Gasteiger partial charge in [0.25, 0.3) is 0 Å². The molecule has 1 N–H and O–H groups in total. The van der Waals surface area contributed by atoms with E-state index < -0.39 is 15.6 Å². The molecule has 6 heteroatoms. The van der Waals surface area contributed by atoms with E-state index in [9.17, 15) is 13.2 Å². The van der Waals surface area contributed by atoms with Crippen LogP contribution in [0.15, 0.2) is 0 Å². The topological polar surface area (TPSA) is 66.5 Å². The van der Waals surface area contributed by atoms with Crippen LogP contribution in [-0.4, -0.2) is 57.9 Å². The van der Waals surface area contributed by atoms with Crippen LogP contribution in [0.2, 0.25) is 0 Å². The second kappa shape index (κ2) is 9.33. The summed E-state index contributed by atoms with van der Waals surface area (Å²) in [6.45, 7) is 3.42. The Morgan fingerprint density at radius 1 is 1.11 bits per heavy atom. The molecule has 0 bridgehead atoms. The summed E-state index contributed by atoms with van der Waals surface area (Å²) >= 11 is 0. The van der Waals surface area contributed by atoms with Gasteiger partial charge in [-0.15, -0.1) is 0 Å². The van der Waals surface area contributed by atoms with Gasteiger partial charge in [-0.25, -0.2) is 8.42 Å². The summed E-state index contributed by atoms with van der Waals surface area (Å²) in [7, 11) is -0.158. The van der Waals surface area contributed by atoms with Gasteiger partial charge in [-0.2, -0.15) is 0 Å². The van der Waals surface area contributed by atoms with Crippen LogP contribution in [-0.2, 0) is 14.6 Å². The van der Waals surface area contributed by atoms with Crippen LogP contribution in [0.3, 0.4) is 0 Å². The molecule has 108 valence electrons. The summed E-state index contributed by atoms with van der Waals surface area (Å²) in [5, 5.41) is 3.10. The number of rotatable bonds is 10. The Kier molecular flexibility index (Phi) is 9.01. The second-order valence-corrected chi connectivity index (χ2v) is 6.87. The quantitative estimate of drug-likeness (QED) is 0.596. The lowest BCUT2D eigenvalue weighted by molar-refractivity contribution is -0.125. The maximum Gasteiger partial charge on any atom is 0.237 e. The van der Waals surface area contributed by atoms with E-state index in [0.29, 0.717) is 6.54 Å². The van der Waals surface area contributed by atoms with Crippen LogP contribution >= 0.6 is 0 Å². The lowest BCUT2D eigenvalue weighted by atomic mass is 10.2. The van der Waals surface area contributed by atoms with E-state index in [2.05, 4.69) is 12.2 Å². The Morgan fingerprint density at radius 3 is 2.33 bits per heavy atom. The van der Waals surface area contributed by atoms with Gasteiger partial charge in [0.15, 0.2) is 9.84 Å². The molecule has 0 saturated carbocycles. The fourth-order valence-corrected chi connectivity index (χ4v) is 2.65. The number of nitrogens with one attached hydrogen (secondary N) is 1. The van der Waals surface area contributed by atoms with Crippen molar-refractivity contribution in [1.29, 1.82) is 0 Å². The molecule has 0 aromatic heterocycles. The standard InChI is InChI=1S/C12H26N2O3S/c1-4-5-6-7-8-13-9-10-18(16,17)11-12(15)14(2)3/h13H,4-11H2,1-3H3. The Bertz CT molecular complexity index is 326. The minimum Gasteiger partial charge on any atom is -0.348 e. The third-order valence-electron chi connectivity index (χ3n) is 2.64. The zero-order valence-corrected chi connectivity index (χ0v) is 12.6. The van der Waals surface area contributed by atoms with Crippen molar-refractivity contribution in [2.75, 3.05) is 38.7 Å². The van der Waals surface area contributed by atoms with E-state index in [1.54, 1.807) is 14.1 Å². The highest BCUT2D eigenvalue weighted by Crippen LogP contribution is 1.97. The fourth-order valence-electron chi connectivity index (χ4n) is 1.42. The molecule has 0 heterocycles. The molecule has 1 amide bonds. The summed E-state index contributed by atoms with van der Waals surface area (Å²) in [6, 6.07) is 0. The van der Waals surface area contributed by atoms with E-state index >= 15 is 0 Å². The summed E-state index contributed by atoms with van der Waals surface area (Å²) in [5.74, 6) is -0.726. The molecule has 18 heavy (non-hydrogen) atoms. The summed E-state index contributed by atoms with van der Waals surface area (Å²) < 4.78 is 23.2. The van der Waals surface area contributed by atoms with Crippen molar-refractivity contribution in [3.05, 3.63) is 0 Å². The Labute approximate surface area is 111 Å². The first-order valence-electron chi connectivity index (χ1n) is 6.50. The van der Waals surface area contributed by atoms with E-state index in [-0.39, 0.29) is 11.7 Å². The van der Waals surface area contributed by atoms with Crippen molar-refractivity contribution in [2.24, 2.45) is 0 Å². The molecule has 0 aliphatic heterocycles. The molecule has 0 aliphatic rings. The zero-order valence-electron chi connectivity index (χ0n) is 11.7. The van der Waals surface area contributed by atoms with Crippen LogP contribution in [0.5, 0.6) is 0 Å². The predicted molar refractivity (Wildman–Crippen MR) is 74.4 cm³/mol. The van der Waals surface area contributed by atoms with E-state index in [1.165, 1.54) is 24.2 Å². The molecule has 0 aliphatic carbocycles. The first-order valence-corrected chi connectivity index (χ1v) is 8.32. The van der Waals surface area contributed by atoms with E-state index in [4.69, 9.17) is 0 Å². The number of hydrogen-bond acceptors (Lipinski definition) is 4. The molecular formula is C12H26N2O3S. The summed E-state index contributed by atoms with van der Waals surface area (Å²) in [6.07, 6.45) is 4.66. The Hall–Kier alpha value is -0.620. The SMILES string of the molecule is CCCCCCNCCS(=O)(=O)CC(=O)N(C)C. The van der Waals surface area contributed by atoms with Crippen molar-refractivity contribution >= 4 is 15.7 Å². The maximum absolute atomic E-state index is 11.6. The van der Waals surface area contributed by atoms with Gasteiger partial charge < -0.3 is 10.2 Å². The minimum absolute atomic E-state index is 0.0281. The average Bonchev–Trinajstić information content (AvgIpc) is 2.27. The molecule has 0 unspecified atom stereocenters. The Balaban J connectivity index is 3.68. The zero-order chi connectivity index (χ0) is 14.0. The second-order valence-electron chi connectivity index (χ2n) is 4.69. The van der Waals surface area contributed by atoms with Crippen molar-refractivity contribution < 1.29 is 13.2 Å². The van der Waals surface area contributed by atoms with E-state index in [1.807, 2.05) is 0 Å². The largest absolute Gasteiger partial charge is 0.348 e. The number of sulfone groups is 1. The monoisotopic (exact) mass is 278 g/mol. The maximum atomic E-state index is 11.6. The molecule has 0 saturated heterocycles. The Morgan fingerprint density at radius 2 is 1.78 bits per heavy atom. The predicted octanol–water partition coefficient (Wildman–Crippen LogP) is 0.659. The normalized spacial score (nSPS) is 11.5.